The summed E-state index contributed by atoms with van der Waals surface area (Å²) >= 11 is 3.17. The van der Waals surface area contributed by atoms with Gasteiger partial charge in [-0.15, -0.1) is 0 Å². The molecule has 1 aromatic heterocycles. The van der Waals surface area contributed by atoms with E-state index in [9.17, 15) is 14.9 Å². The van der Waals surface area contributed by atoms with Gasteiger partial charge in [0.05, 0.1) is 16.3 Å². The molecule has 7 nitrogen and oxygen atoms in total. The molecule has 0 unspecified atom stereocenters. The summed E-state index contributed by atoms with van der Waals surface area (Å²) in [5, 5.41) is 14.0. The van der Waals surface area contributed by atoms with E-state index >= 15 is 0 Å². The van der Waals surface area contributed by atoms with Crippen LogP contribution in [0.1, 0.15) is 0 Å². The zero-order valence-electron chi connectivity index (χ0n) is 10.6. The number of benzene rings is 1. The number of fused-ring (bicyclic) bond motifs is 1. The molecule has 106 valence electrons. The average Bonchev–Trinajstić information content (AvgIpc) is 2.46. The van der Waals surface area contributed by atoms with Gasteiger partial charge in [0.15, 0.2) is 0 Å². The Hall–Kier alpha value is -2.48. The predicted octanol–water partition coefficient (Wildman–Crippen LogP) is 2.84. The van der Waals surface area contributed by atoms with Crippen molar-refractivity contribution in [3.8, 4) is 0 Å². The number of pyridine rings is 1. The summed E-state index contributed by atoms with van der Waals surface area (Å²) in [7, 11) is 0. The van der Waals surface area contributed by atoms with E-state index in [-0.39, 0.29) is 24.0 Å². The molecule has 1 aliphatic heterocycles. The molecule has 0 radical (unpaired) electrons. The lowest BCUT2D eigenvalue weighted by molar-refractivity contribution is -0.384. The first-order chi connectivity index (χ1) is 10.1. The van der Waals surface area contributed by atoms with E-state index < -0.39 is 4.92 Å². The summed E-state index contributed by atoms with van der Waals surface area (Å²) in [6.45, 7) is -0.0213. The van der Waals surface area contributed by atoms with Gasteiger partial charge in [0, 0.05) is 16.7 Å². The van der Waals surface area contributed by atoms with Crippen molar-refractivity contribution in [1.29, 1.82) is 0 Å². The van der Waals surface area contributed by atoms with Crippen molar-refractivity contribution in [2.75, 3.05) is 16.8 Å². The van der Waals surface area contributed by atoms with Crippen molar-refractivity contribution in [2.45, 2.75) is 0 Å². The van der Waals surface area contributed by atoms with Crippen molar-refractivity contribution < 1.29 is 9.72 Å². The summed E-state index contributed by atoms with van der Waals surface area (Å²) in [5.41, 5.74) is 1.12. The highest BCUT2D eigenvalue weighted by molar-refractivity contribution is 9.10. The Labute approximate surface area is 127 Å². The molecule has 0 bridgehead atoms. The minimum atomic E-state index is -0.512. The molecule has 0 spiro atoms. The Morgan fingerprint density at radius 1 is 1.38 bits per heavy atom. The van der Waals surface area contributed by atoms with E-state index in [2.05, 4.69) is 26.2 Å². The molecule has 8 heteroatoms. The minimum Gasteiger partial charge on any atom is -0.323 e. The van der Waals surface area contributed by atoms with Gasteiger partial charge in [0.2, 0.25) is 11.7 Å². The molecule has 1 aliphatic rings. The molecule has 0 saturated heterocycles. The number of amides is 1. The number of halogens is 1. The number of carbonyl (C=O) groups is 1. The molecule has 1 aromatic carbocycles. The monoisotopic (exact) mass is 348 g/mol. The zero-order chi connectivity index (χ0) is 15.0. The van der Waals surface area contributed by atoms with Crippen molar-refractivity contribution in [3.05, 3.63) is 51.1 Å². The van der Waals surface area contributed by atoms with Crippen LogP contribution in [0.25, 0.3) is 0 Å². The van der Waals surface area contributed by atoms with Crippen LogP contribution in [0.15, 0.2) is 41.0 Å². The number of para-hydroxylation sites is 2. The summed E-state index contributed by atoms with van der Waals surface area (Å²) in [6.07, 6.45) is 1.47. The van der Waals surface area contributed by atoms with Crippen molar-refractivity contribution in [1.82, 2.24) is 4.98 Å². The standard InChI is InChI=1S/C13H9BrN4O3/c14-8-5-11(18(20)21)13(15-6-8)17-7-12(19)16-9-3-1-2-4-10(9)17/h1-6H,7H2,(H,16,19). The maximum atomic E-state index is 11.8. The highest BCUT2D eigenvalue weighted by Crippen LogP contribution is 2.38. The number of aromatic nitrogens is 1. The van der Waals surface area contributed by atoms with Gasteiger partial charge in [-0.25, -0.2) is 4.98 Å². The molecule has 0 aliphatic carbocycles. The van der Waals surface area contributed by atoms with Crippen LogP contribution in [-0.2, 0) is 4.79 Å². The van der Waals surface area contributed by atoms with Gasteiger partial charge >= 0.3 is 5.69 Å². The lowest BCUT2D eigenvalue weighted by Crippen LogP contribution is -2.35. The second-order valence-electron chi connectivity index (χ2n) is 4.40. The van der Waals surface area contributed by atoms with E-state index in [1.54, 1.807) is 29.2 Å². The fourth-order valence-electron chi connectivity index (χ4n) is 2.19. The lowest BCUT2D eigenvalue weighted by atomic mass is 10.2. The topological polar surface area (TPSA) is 88.4 Å². The van der Waals surface area contributed by atoms with E-state index in [1.807, 2.05) is 0 Å². The van der Waals surface area contributed by atoms with E-state index in [0.717, 1.165) is 0 Å². The van der Waals surface area contributed by atoms with Gasteiger partial charge in [-0.05, 0) is 28.1 Å². The van der Waals surface area contributed by atoms with E-state index in [0.29, 0.717) is 15.8 Å². The average molecular weight is 349 g/mol. The number of rotatable bonds is 2. The molecular formula is C13H9BrN4O3. The Bertz CT molecular complexity index is 750. The highest BCUT2D eigenvalue weighted by Gasteiger charge is 2.29. The lowest BCUT2D eigenvalue weighted by Gasteiger charge is -2.29. The number of anilines is 3. The fraction of sp³-hybridized carbons (Fsp3) is 0.0769. The number of nitrogens with zero attached hydrogens (tertiary/aromatic N) is 3. The number of nitro groups is 1. The van der Waals surface area contributed by atoms with Crippen LogP contribution in [0.4, 0.5) is 22.9 Å². The van der Waals surface area contributed by atoms with Crippen LogP contribution in [0, 0.1) is 10.1 Å². The Balaban J connectivity index is 2.17. The summed E-state index contributed by atoms with van der Waals surface area (Å²) < 4.78 is 0.507. The minimum absolute atomic E-state index is 0.0213. The Kier molecular flexibility index (Phi) is 3.30. The molecular weight excluding hydrogens is 340 g/mol. The van der Waals surface area contributed by atoms with Crippen molar-refractivity contribution in [3.63, 3.8) is 0 Å². The molecule has 2 heterocycles. The van der Waals surface area contributed by atoms with Crippen molar-refractivity contribution >= 4 is 44.7 Å². The first-order valence-corrected chi connectivity index (χ1v) is 6.82. The second-order valence-corrected chi connectivity index (χ2v) is 5.32. The maximum Gasteiger partial charge on any atom is 0.313 e. The molecule has 21 heavy (non-hydrogen) atoms. The third kappa shape index (κ3) is 2.45. The Morgan fingerprint density at radius 2 is 2.14 bits per heavy atom. The highest BCUT2D eigenvalue weighted by atomic mass is 79.9. The van der Waals surface area contributed by atoms with Gasteiger partial charge in [0.1, 0.15) is 6.54 Å². The number of hydrogen-bond acceptors (Lipinski definition) is 5. The van der Waals surface area contributed by atoms with Crippen LogP contribution in [0.5, 0.6) is 0 Å². The predicted molar refractivity (Wildman–Crippen MR) is 80.7 cm³/mol. The van der Waals surface area contributed by atoms with Gasteiger partial charge in [0.25, 0.3) is 0 Å². The molecule has 0 fully saturated rings. The number of carbonyl (C=O) groups excluding carboxylic acids is 1. The van der Waals surface area contributed by atoms with Crippen LogP contribution < -0.4 is 10.2 Å². The summed E-state index contributed by atoms with van der Waals surface area (Å²) in [5.74, 6) is -0.0989. The van der Waals surface area contributed by atoms with Crippen LogP contribution >= 0.6 is 15.9 Å². The van der Waals surface area contributed by atoms with E-state index in [4.69, 9.17) is 0 Å². The van der Waals surface area contributed by atoms with Gasteiger partial charge < -0.3 is 10.2 Å². The van der Waals surface area contributed by atoms with E-state index in [1.165, 1.54) is 12.3 Å². The zero-order valence-corrected chi connectivity index (χ0v) is 12.2. The van der Waals surface area contributed by atoms with Gasteiger partial charge in [-0.1, -0.05) is 12.1 Å². The van der Waals surface area contributed by atoms with Crippen LogP contribution in [0.3, 0.4) is 0 Å². The molecule has 1 amide bonds. The van der Waals surface area contributed by atoms with Crippen LogP contribution in [-0.4, -0.2) is 22.4 Å². The smallest absolute Gasteiger partial charge is 0.313 e. The van der Waals surface area contributed by atoms with Crippen LogP contribution in [0.2, 0.25) is 0 Å². The first-order valence-electron chi connectivity index (χ1n) is 6.02. The van der Waals surface area contributed by atoms with Gasteiger partial charge in [-0.2, -0.15) is 0 Å². The second kappa shape index (κ2) is 5.13. The van der Waals surface area contributed by atoms with Crippen molar-refractivity contribution in [2.24, 2.45) is 0 Å². The number of hydrogen-bond donors (Lipinski definition) is 1. The third-order valence-electron chi connectivity index (χ3n) is 3.04. The molecule has 0 atom stereocenters. The van der Waals surface area contributed by atoms with Gasteiger partial charge in [-0.3, -0.25) is 14.9 Å². The fourth-order valence-corrected chi connectivity index (χ4v) is 2.51. The molecule has 2 aromatic rings. The number of nitrogens with one attached hydrogen (secondary N) is 1. The maximum absolute atomic E-state index is 11.8. The molecule has 1 N–H and O–H groups in total. The molecule has 0 saturated carbocycles. The SMILES string of the molecule is O=C1CN(c2ncc(Br)cc2[N+](=O)[O-])c2ccccc2N1. The third-order valence-corrected chi connectivity index (χ3v) is 3.47. The Morgan fingerprint density at radius 3 is 2.90 bits per heavy atom. The normalized spacial score (nSPS) is 13.6. The summed E-state index contributed by atoms with van der Waals surface area (Å²) in [4.78, 5) is 28.2. The first kappa shape index (κ1) is 13.5. The quantitative estimate of drug-likeness (QED) is 0.665. The largest absolute Gasteiger partial charge is 0.323 e. The molecule has 3 rings (SSSR count). The summed E-state index contributed by atoms with van der Waals surface area (Å²) in [6, 6.07) is 8.48.